The molecule has 8 heteroatoms. The Morgan fingerprint density at radius 3 is 2.68 bits per heavy atom. The molecular weight excluding hydrogens is 418 g/mol. The Labute approximate surface area is 187 Å². The number of carbonyl (C=O) groups excluding carboxylic acids is 1. The monoisotopic (exact) mass is 445 g/mol. The highest BCUT2D eigenvalue weighted by atomic mass is 35.5. The number of nitrogens with two attached hydrogens (primary N) is 1. The summed E-state index contributed by atoms with van der Waals surface area (Å²) >= 11 is 6.23. The molecule has 1 saturated heterocycles. The molecule has 0 spiro atoms. The van der Waals surface area contributed by atoms with Gasteiger partial charge in [-0.05, 0) is 43.4 Å². The van der Waals surface area contributed by atoms with Gasteiger partial charge < -0.3 is 25.0 Å². The molecule has 3 rings (SSSR count). The number of hydrogen-bond donors (Lipinski definition) is 1. The number of piperidine rings is 1. The second-order valence-corrected chi connectivity index (χ2v) is 8.00. The molecule has 0 saturated carbocycles. The predicted molar refractivity (Wildman–Crippen MR) is 121 cm³/mol. The number of hydrazone groups is 1. The Bertz CT molecular complexity index is 927. The standard InChI is InChI=1S/C23H28ClN3O4/c1-16-11-20(29-13-18-7-9-27(10-8-18)15-26-25)12-22(23(16)31-17(2)28)30-14-19-5-3-4-6-21(19)24/h3-6,11-12,15,18H,7-10,13-14,25H2,1-2H3/b26-15+. The quantitative estimate of drug-likeness (QED) is 0.164. The largest absolute Gasteiger partial charge is 0.493 e. The number of nitrogens with zero attached hydrogens (tertiary/aromatic N) is 2. The number of halogens is 1. The number of ether oxygens (including phenoxy) is 3. The minimum Gasteiger partial charge on any atom is -0.493 e. The number of hydrogen-bond acceptors (Lipinski definition) is 6. The van der Waals surface area contributed by atoms with Crippen LogP contribution in [0.15, 0.2) is 41.5 Å². The van der Waals surface area contributed by atoms with Gasteiger partial charge in [-0.15, -0.1) is 0 Å². The van der Waals surface area contributed by atoms with Crippen molar-refractivity contribution in [1.29, 1.82) is 0 Å². The van der Waals surface area contributed by atoms with Crippen molar-refractivity contribution < 1.29 is 19.0 Å². The van der Waals surface area contributed by atoms with Crippen LogP contribution in [0.5, 0.6) is 17.2 Å². The van der Waals surface area contributed by atoms with Gasteiger partial charge in [-0.1, -0.05) is 29.8 Å². The van der Waals surface area contributed by atoms with E-state index in [-0.39, 0.29) is 6.61 Å². The van der Waals surface area contributed by atoms with Crippen LogP contribution in [0.1, 0.15) is 30.9 Å². The number of benzene rings is 2. The molecule has 2 aromatic rings. The van der Waals surface area contributed by atoms with E-state index in [1.54, 1.807) is 12.4 Å². The molecule has 2 aromatic carbocycles. The number of esters is 1. The molecule has 31 heavy (non-hydrogen) atoms. The van der Waals surface area contributed by atoms with Gasteiger partial charge in [0.25, 0.3) is 0 Å². The lowest BCUT2D eigenvalue weighted by Gasteiger charge is -2.30. The van der Waals surface area contributed by atoms with Crippen molar-refractivity contribution >= 4 is 23.9 Å². The first-order chi connectivity index (χ1) is 15.0. The summed E-state index contributed by atoms with van der Waals surface area (Å²) < 4.78 is 17.5. The molecule has 0 aliphatic carbocycles. The summed E-state index contributed by atoms with van der Waals surface area (Å²) in [5, 5.41) is 4.20. The lowest BCUT2D eigenvalue weighted by molar-refractivity contribution is -0.132. The van der Waals surface area contributed by atoms with E-state index in [1.165, 1.54) is 6.92 Å². The molecule has 0 radical (unpaired) electrons. The minimum absolute atomic E-state index is 0.248. The van der Waals surface area contributed by atoms with Crippen LogP contribution in [-0.2, 0) is 11.4 Å². The third-order valence-electron chi connectivity index (χ3n) is 5.17. The van der Waals surface area contributed by atoms with Crippen LogP contribution in [0.2, 0.25) is 5.02 Å². The Kier molecular flexibility index (Phi) is 8.00. The highest BCUT2D eigenvalue weighted by molar-refractivity contribution is 6.31. The Morgan fingerprint density at radius 1 is 1.26 bits per heavy atom. The van der Waals surface area contributed by atoms with E-state index < -0.39 is 5.97 Å². The van der Waals surface area contributed by atoms with Gasteiger partial charge in [0.2, 0.25) is 0 Å². The number of rotatable bonds is 8. The van der Waals surface area contributed by atoms with Crippen molar-refractivity contribution in [2.75, 3.05) is 19.7 Å². The van der Waals surface area contributed by atoms with Gasteiger partial charge in [-0.3, -0.25) is 4.79 Å². The third kappa shape index (κ3) is 6.52. The van der Waals surface area contributed by atoms with Gasteiger partial charge in [-0.2, -0.15) is 5.10 Å². The molecule has 0 unspecified atom stereocenters. The Hall–Kier alpha value is -2.93. The molecule has 0 bridgehead atoms. The summed E-state index contributed by atoms with van der Waals surface area (Å²) in [6.07, 6.45) is 3.69. The number of carbonyl (C=O) groups is 1. The molecule has 1 aliphatic rings. The number of likely N-dealkylation sites (tertiary alicyclic amines) is 1. The fourth-order valence-corrected chi connectivity index (χ4v) is 3.68. The van der Waals surface area contributed by atoms with Gasteiger partial charge in [0.15, 0.2) is 11.5 Å². The van der Waals surface area contributed by atoms with Gasteiger partial charge in [-0.25, -0.2) is 0 Å². The lowest BCUT2D eigenvalue weighted by atomic mass is 9.98. The molecular formula is C23H28ClN3O4. The first kappa shape index (κ1) is 22.7. The second kappa shape index (κ2) is 10.9. The van der Waals surface area contributed by atoms with Crippen molar-refractivity contribution in [3.8, 4) is 17.2 Å². The highest BCUT2D eigenvalue weighted by Crippen LogP contribution is 2.37. The molecule has 0 amide bonds. The summed E-state index contributed by atoms with van der Waals surface area (Å²) in [6.45, 7) is 5.89. The summed E-state index contributed by atoms with van der Waals surface area (Å²) in [5.41, 5.74) is 1.60. The molecule has 0 atom stereocenters. The Balaban J connectivity index is 1.69. The minimum atomic E-state index is -0.410. The van der Waals surface area contributed by atoms with E-state index in [9.17, 15) is 4.79 Å². The summed E-state index contributed by atoms with van der Waals surface area (Å²) in [7, 11) is 0. The highest BCUT2D eigenvalue weighted by Gasteiger charge is 2.20. The molecule has 1 fully saturated rings. The first-order valence-corrected chi connectivity index (χ1v) is 10.6. The van der Waals surface area contributed by atoms with Crippen LogP contribution in [-0.4, -0.2) is 36.9 Å². The summed E-state index contributed by atoms with van der Waals surface area (Å²) in [4.78, 5) is 13.7. The molecule has 1 aliphatic heterocycles. The Morgan fingerprint density at radius 2 is 2.00 bits per heavy atom. The zero-order valence-corrected chi connectivity index (χ0v) is 18.6. The average molecular weight is 446 g/mol. The van der Waals surface area contributed by atoms with E-state index in [4.69, 9.17) is 31.7 Å². The van der Waals surface area contributed by atoms with Crippen LogP contribution in [0.25, 0.3) is 0 Å². The lowest BCUT2D eigenvalue weighted by Crippen LogP contribution is -2.34. The van der Waals surface area contributed by atoms with E-state index in [0.29, 0.717) is 34.8 Å². The van der Waals surface area contributed by atoms with Crippen molar-refractivity contribution in [3.63, 3.8) is 0 Å². The van der Waals surface area contributed by atoms with Crippen molar-refractivity contribution in [2.45, 2.75) is 33.3 Å². The van der Waals surface area contributed by atoms with Crippen LogP contribution < -0.4 is 20.1 Å². The molecule has 7 nitrogen and oxygen atoms in total. The van der Waals surface area contributed by atoms with Crippen molar-refractivity contribution in [3.05, 3.63) is 52.5 Å². The van der Waals surface area contributed by atoms with Crippen LogP contribution in [0.4, 0.5) is 0 Å². The second-order valence-electron chi connectivity index (χ2n) is 7.60. The zero-order chi connectivity index (χ0) is 22.2. The molecule has 0 aromatic heterocycles. The maximum absolute atomic E-state index is 11.6. The van der Waals surface area contributed by atoms with Crippen molar-refractivity contribution in [2.24, 2.45) is 16.9 Å². The van der Waals surface area contributed by atoms with Crippen LogP contribution in [0, 0.1) is 12.8 Å². The summed E-state index contributed by atoms with van der Waals surface area (Å²) in [6, 6.07) is 11.1. The smallest absolute Gasteiger partial charge is 0.308 e. The SMILES string of the molecule is CC(=O)Oc1c(C)cc(OCC2CCN(/C=N/N)CC2)cc1OCc1ccccc1Cl. The fourth-order valence-electron chi connectivity index (χ4n) is 3.49. The maximum atomic E-state index is 11.6. The zero-order valence-electron chi connectivity index (χ0n) is 17.8. The predicted octanol–water partition coefficient (Wildman–Crippen LogP) is 4.15. The van der Waals surface area contributed by atoms with E-state index in [1.807, 2.05) is 37.3 Å². The number of aryl methyl sites for hydroxylation is 1. The third-order valence-corrected chi connectivity index (χ3v) is 5.53. The van der Waals surface area contributed by atoms with Gasteiger partial charge in [0.05, 0.1) is 6.61 Å². The molecule has 166 valence electrons. The summed E-state index contributed by atoms with van der Waals surface area (Å²) in [5.74, 6) is 6.77. The topological polar surface area (TPSA) is 86.4 Å². The van der Waals surface area contributed by atoms with Crippen LogP contribution in [0.3, 0.4) is 0 Å². The van der Waals surface area contributed by atoms with E-state index >= 15 is 0 Å². The normalized spacial score (nSPS) is 14.6. The average Bonchev–Trinajstić information content (AvgIpc) is 2.75. The van der Waals surface area contributed by atoms with Crippen molar-refractivity contribution in [1.82, 2.24) is 4.90 Å². The van der Waals surface area contributed by atoms with E-state index in [2.05, 4.69) is 10.0 Å². The molecule has 1 heterocycles. The fraction of sp³-hybridized carbons (Fsp3) is 0.391. The van der Waals surface area contributed by atoms with Crippen LogP contribution >= 0.6 is 11.6 Å². The molecule has 2 N–H and O–H groups in total. The van der Waals surface area contributed by atoms with Gasteiger partial charge >= 0.3 is 5.97 Å². The van der Waals surface area contributed by atoms with Gasteiger partial charge in [0.1, 0.15) is 18.7 Å². The van der Waals surface area contributed by atoms with E-state index in [0.717, 1.165) is 37.1 Å². The maximum Gasteiger partial charge on any atom is 0.308 e. The van der Waals surface area contributed by atoms with Gasteiger partial charge in [0, 0.05) is 36.7 Å². The first-order valence-electron chi connectivity index (χ1n) is 10.3.